The molecular weight excluding hydrogens is 294 g/mol. The molecule has 1 amide bonds. The van der Waals surface area contributed by atoms with Gasteiger partial charge in [-0.2, -0.15) is 8.42 Å². The van der Waals surface area contributed by atoms with E-state index < -0.39 is 15.9 Å². The highest BCUT2D eigenvalue weighted by Crippen LogP contribution is 2.07. The fourth-order valence-electron chi connectivity index (χ4n) is 1.58. The number of amides is 1. The molecule has 0 atom stereocenters. The van der Waals surface area contributed by atoms with E-state index in [1.165, 1.54) is 23.1 Å². The Morgan fingerprint density at radius 3 is 2.52 bits per heavy atom. The molecule has 2 aromatic rings. The summed E-state index contributed by atoms with van der Waals surface area (Å²) in [6.45, 7) is 0.0133. The first-order chi connectivity index (χ1) is 9.94. The van der Waals surface area contributed by atoms with Gasteiger partial charge in [-0.05, 0) is 17.2 Å². The summed E-state index contributed by atoms with van der Waals surface area (Å²) in [5.41, 5.74) is 1.02. The number of para-hydroxylation sites is 1. The van der Waals surface area contributed by atoms with Gasteiger partial charge in [-0.15, -0.1) is 0 Å². The summed E-state index contributed by atoms with van der Waals surface area (Å²) in [6.07, 6.45) is 2.81. The molecule has 21 heavy (non-hydrogen) atoms. The van der Waals surface area contributed by atoms with Crippen molar-refractivity contribution < 1.29 is 22.4 Å². The van der Waals surface area contributed by atoms with Crippen LogP contribution in [0.2, 0.25) is 0 Å². The van der Waals surface area contributed by atoms with E-state index in [4.69, 9.17) is 4.55 Å². The number of nitrogens with one attached hydrogen (secondary N) is 1. The lowest BCUT2D eigenvalue weighted by atomic mass is 10.2. The van der Waals surface area contributed by atoms with Crippen molar-refractivity contribution in [3.8, 4) is 0 Å². The maximum atomic E-state index is 11.9. The molecule has 8 heteroatoms. The van der Waals surface area contributed by atoms with Gasteiger partial charge < -0.3 is 5.32 Å². The summed E-state index contributed by atoms with van der Waals surface area (Å²) >= 11 is 0. The molecule has 0 fully saturated rings. The molecule has 0 saturated carbocycles. The Bertz CT molecular complexity index is 715. The smallest absolute Gasteiger partial charge is 0.271 e. The summed E-state index contributed by atoms with van der Waals surface area (Å²) in [7, 11) is -4.03. The van der Waals surface area contributed by atoms with E-state index in [2.05, 4.69) is 10.4 Å². The van der Waals surface area contributed by atoms with E-state index in [-0.39, 0.29) is 12.5 Å². The third-order valence-corrected chi connectivity index (χ3v) is 3.34. The molecule has 0 radical (unpaired) electrons. The van der Waals surface area contributed by atoms with Crippen molar-refractivity contribution in [2.45, 2.75) is 6.54 Å². The van der Waals surface area contributed by atoms with Gasteiger partial charge in [-0.1, -0.05) is 22.9 Å². The highest BCUT2D eigenvalue weighted by atomic mass is 32.2. The van der Waals surface area contributed by atoms with Crippen molar-refractivity contribution in [1.82, 2.24) is 5.10 Å². The minimum absolute atomic E-state index is 0.0133. The number of hydrogen-bond donors (Lipinski definition) is 2. The molecule has 0 unspecified atom stereocenters. The SMILES string of the molecule is O=C(Nc1ccccc1)c1cc[n+](CCS(=O)(=O)O)nc1. The summed E-state index contributed by atoms with van der Waals surface area (Å²) in [6, 6.07) is 10.5. The largest absolute Gasteiger partial charge is 0.322 e. The molecular formula is C13H14N3O4S+. The monoisotopic (exact) mass is 308 g/mol. The molecule has 1 aromatic carbocycles. The predicted molar refractivity (Wildman–Crippen MR) is 75.2 cm³/mol. The Morgan fingerprint density at radius 1 is 1.24 bits per heavy atom. The average molecular weight is 308 g/mol. The van der Waals surface area contributed by atoms with Crippen LogP contribution in [-0.4, -0.2) is 29.7 Å². The van der Waals surface area contributed by atoms with Crippen molar-refractivity contribution in [1.29, 1.82) is 0 Å². The van der Waals surface area contributed by atoms with Gasteiger partial charge in [-0.3, -0.25) is 9.35 Å². The zero-order valence-corrected chi connectivity index (χ0v) is 11.8. The molecule has 2 N–H and O–H groups in total. The third-order valence-electron chi connectivity index (χ3n) is 2.64. The zero-order valence-electron chi connectivity index (χ0n) is 11.0. The molecule has 7 nitrogen and oxygen atoms in total. The van der Waals surface area contributed by atoms with Gasteiger partial charge in [-0.25, -0.2) is 0 Å². The second kappa shape index (κ2) is 6.42. The molecule has 0 aliphatic rings. The highest BCUT2D eigenvalue weighted by molar-refractivity contribution is 7.85. The summed E-state index contributed by atoms with van der Waals surface area (Å²) in [5.74, 6) is -0.740. The topological polar surface area (TPSA) is 100 Å². The van der Waals surface area contributed by atoms with Crippen molar-refractivity contribution in [3.05, 3.63) is 54.4 Å². The van der Waals surface area contributed by atoms with Crippen molar-refractivity contribution >= 4 is 21.7 Å². The third kappa shape index (κ3) is 4.93. The second-order valence-corrected chi connectivity index (χ2v) is 5.86. The summed E-state index contributed by atoms with van der Waals surface area (Å²) in [4.78, 5) is 11.9. The van der Waals surface area contributed by atoms with Gasteiger partial charge in [0.2, 0.25) is 0 Å². The van der Waals surface area contributed by atoms with Crippen LogP contribution in [0.1, 0.15) is 10.4 Å². The maximum absolute atomic E-state index is 11.9. The summed E-state index contributed by atoms with van der Waals surface area (Å²) in [5, 5.41) is 6.63. The highest BCUT2D eigenvalue weighted by Gasteiger charge is 2.13. The van der Waals surface area contributed by atoms with Gasteiger partial charge in [0.25, 0.3) is 16.0 Å². The predicted octanol–water partition coefficient (Wildman–Crippen LogP) is 0.509. The Morgan fingerprint density at radius 2 is 1.95 bits per heavy atom. The number of anilines is 1. The number of carbonyl (C=O) groups is 1. The van der Waals surface area contributed by atoms with Crippen molar-refractivity contribution in [3.63, 3.8) is 0 Å². The summed E-state index contributed by atoms with van der Waals surface area (Å²) < 4.78 is 31.2. The molecule has 0 bridgehead atoms. The van der Waals surface area contributed by atoms with Crippen LogP contribution in [-0.2, 0) is 16.7 Å². The minimum atomic E-state index is -4.03. The zero-order chi connectivity index (χ0) is 15.3. The number of nitrogens with zero attached hydrogens (tertiary/aromatic N) is 2. The Hall–Kier alpha value is -2.32. The molecule has 1 aromatic heterocycles. The first-order valence-electron chi connectivity index (χ1n) is 6.11. The molecule has 2 rings (SSSR count). The normalized spacial score (nSPS) is 11.1. The average Bonchev–Trinajstić information content (AvgIpc) is 2.46. The van der Waals surface area contributed by atoms with Crippen molar-refractivity contribution in [2.24, 2.45) is 0 Å². The van der Waals surface area contributed by atoms with Gasteiger partial charge in [0.15, 0.2) is 12.7 Å². The van der Waals surface area contributed by atoms with Gasteiger partial charge in [0.05, 0.1) is 5.56 Å². The minimum Gasteiger partial charge on any atom is -0.322 e. The number of hydrogen-bond acceptors (Lipinski definition) is 4. The quantitative estimate of drug-likeness (QED) is 0.619. The maximum Gasteiger partial charge on any atom is 0.271 e. The van der Waals surface area contributed by atoms with Crippen LogP contribution in [0.4, 0.5) is 5.69 Å². The first-order valence-corrected chi connectivity index (χ1v) is 7.72. The lowest BCUT2D eigenvalue weighted by Gasteiger charge is -2.03. The fourth-order valence-corrected chi connectivity index (χ4v) is 2.00. The van der Waals surface area contributed by atoms with Crippen LogP contribution < -0.4 is 10.00 Å². The standard InChI is InChI=1S/C13H13N3O4S/c17-13(15-12-4-2-1-3-5-12)11-6-7-16(14-10-11)8-9-21(18,19)20/h1-7,10H,8-9H2,(H-,15,17,18,19,20)/p+1. The number of aromatic nitrogens is 2. The van der Waals surface area contributed by atoms with Crippen LogP contribution in [0.25, 0.3) is 0 Å². The molecule has 0 aliphatic heterocycles. The molecule has 0 aliphatic carbocycles. The first kappa shape index (κ1) is 15.1. The van der Waals surface area contributed by atoms with Gasteiger partial charge in [0, 0.05) is 11.8 Å². The van der Waals surface area contributed by atoms with Crippen LogP contribution in [0.15, 0.2) is 48.8 Å². The van der Waals surface area contributed by atoms with E-state index in [1.807, 2.05) is 18.2 Å². The van der Waals surface area contributed by atoms with Gasteiger partial charge >= 0.3 is 0 Å². The van der Waals surface area contributed by atoms with E-state index in [0.29, 0.717) is 11.3 Å². The Labute approximate surface area is 122 Å². The number of benzene rings is 1. The number of rotatable bonds is 5. The van der Waals surface area contributed by atoms with E-state index in [9.17, 15) is 13.2 Å². The van der Waals surface area contributed by atoms with Gasteiger partial charge in [0.1, 0.15) is 11.9 Å². The second-order valence-electron chi connectivity index (χ2n) is 4.28. The van der Waals surface area contributed by atoms with E-state index in [0.717, 1.165) is 0 Å². The molecule has 110 valence electrons. The fraction of sp³-hybridized carbons (Fsp3) is 0.154. The lowest BCUT2D eigenvalue weighted by Crippen LogP contribution is -2.40. The van der Waals surface area contributed by atoms with Crippen LogP contribution in [0.5, 0.6) is 0 Å². The molecule has 0 saturated heterocycles. The Kier molecular flexibility index (Phi) is 4.61. The van der Waals surface area contributed by atoms with Crippen LogP contribution in [0, 0.1) is 0 Å². The molecule has 1 heterocycles. The number of aryl methyl sites for hydroxylation is 1. The number of carbonyl (C=O) groups excluding carboxylic acids is 1. The van der Waals surface area contributed by atoms with Crippen LogP contribution >= 0.6 is 0 Å². The van der Waals surface area contributed by atoms with Crippen molar-refractivity contribution in [2.75, 3.05) is 11.1 Å². The molecule has 0 spiro atoms. The Balaban J connectivity index is 2.00. The van der Waals surface area contributed by atoms with E-state index in [1.54, 1.807) is 12.1 Å². The lowest BCUT2D eigenvalue weighted by molar-refractivity contribution is -0.750. The van der Waals surface area contributed by atoms with E-state index >= 15 is 0 Å². The van der Waals surface area contributed by atoms with Crippen LogP contribution in [0.3, 0.4) is 0 Å².